The molecule has 2 heterocycles. The highest BCUT2D eigenvalue weighted by molar-refractivity contribution is 5.86. The summed E-state index contributed by atoms with van der Waals surface area (Å²) in [6.45, 7) is 4.06. The molecule has 2 amide bonds. The second-order valence-electron chi connectivity index (χ2n) is 5.29. The van der Waals surface area contributed by atoms with E-state index < -0.39 is 11.5 Å². The summed E-state index contributed by atoms with van der Waals surface area (Å²) in [5, 5.41) is 11.9. The molecule has 2 aliphatic heterocycles. The van der Waals surface area contributed by atoms with Gasteiger partial charge in [0.1, 0.15) is 0 Å². The zero-order valence-corrected chi connectivity index (χ0v) is 11.8. The summed E-state index contributed by atoms with van der Waals surface area (Å²) in [5.74, 6) is -1.04. The molecule has 0 aliphatic carbocycles. The number of urea groups is 1. The van der Waals surface area contributed by atoms with Crippen LogP contribution in [-0.4, -0.2) is 66.6 Å². The van der Waals surface area contributed by atoms with Crippen LogP contribution in [0.3, 0.4) is 0 Å². The van der Waals surface area contributed by atoms with E-state index in [2.05, 4.69) is 5.32 Å². The van der Waals surface area contributed by atoms with Crippen LogP contribution in [-0.2, 0) is 14.3 Å². The van der Waals surface area contributed by atoms with Crippen molar-refractivity contribution in [3.05, 3.63) is 0 Å². The number of amides is 2. The van der Waals surface area contributed by atoms with Crippen LogP contribution in [0.15, 0.2) is 0 Å². The minimum absolute atomic E-state index is 0.0246. The maximum absolute atomic E-state index is 12.3. The summed E-state index contributed by atoms with van der Waals surface area (Å²) < 4.78 is 10.7. The monoisotopic (exact) mass is 286 g/mol. The van der Waals surface area contributed by atoms with E-state index in [4.69, 9.17) is 9.47 Å². The van der Waals surface area contributed by atoms with Crippen LogP contribution in [0.25, 0.3) is 0 Å². The summed E-state index contributed by atoms with van der Waals surface area (Å²) in [6.07, 6.45) is 2.15. The van der Waals surface area contributed by atoms with Crippen molar-refractivity contribution in [1.29, 1.82) is 0 Å². The highest BCUT2D eigenvalue weighted by Gasteiger charge is 2.45. The van der Waals surface area contributed by atoms with Crippen LogP contribution in [0.4, 0.5) is 4.79 Å². The van der Waals surface area contributed by atoms with E-state index in [1.807, 2.05) is 6.92 Å². The Balaban J connectivity index is 1.95. The number of nitrogens with zero attached hydrogens (tertiary/aromatic N) is 1. The average Bonchev–Trinajstić information content (AvgIpc) is 2.89. The predicted octanol–water partition coefficient (Wildman–Crippen LogP) is 0.441. The zero-order valence-electron chi connectivity index (χ0n) is 11.8. The van der Waals surface area contributed by atoms with Crippen molar-refractivity contribution in [2.24, 2.45) is 0 Å². The van der Waals surface area contributed by atoms with Gasteiger partial charge in [0.05, 0.1) is 12.7 Å². The van der Waals surface area contributed by atoms with Crippen molar-refractivity contribution in [3.8, 4) is 0 Å². The smallest absolute Gasteiger partial charge is 0.332 e. The second-order valence-corrected chi connectivity index (χ2v) is 5.29. The minimum atomic E-state index is -1.28. The number of hydrogen-bond acceptors (Lipinski definition) is 4. The molecule has 0 saturated carbocycles. The van der Waals surface area contributed by atoms with Gasteiger partial charge < -0.3 is 24.8 Å². The first-order valence-electron chi connectivity index (χ1n) is 7.07. The lowest BCUT2D eigenvalue weighted by Gasteiger charge is -2.35. The molecule has 2 saturated heterocycles. The molecule has 0 aromatic carbocycles. The maximum Gasteiger partial charge on any atom is 0.332 e. The van der Waals surface area contributed by atoms with Crippen LogP contribution in [0.2, 0.25) is 0 Å². The normalized spacial score (nSPS) is 30.2. The van der Waals surface area contributed by atoms with Gasteiger partial charge in [0.15, 0.2) is 5.54 Å². The quantitative estimate of drug-likeness (QED) is 0.783. The first-order chi connectivity index (χ1) is 9.57. The van der Waals surface area contributed by atoms with E-state index in [1.165, 1.54) is 0 Å². The van der Waals surface area contributed by atoms with Gasteiger partial charge in [-0.25, -0.2) is 9.59 Å². The van der Waals surface area contributed by atoms with E-state index in [1.54, 1.807) is 4.90 Å². The first kappa shape index (κ1) is 15.1. The topological polar surface area (TPSA) is 88.1 Å². The number of carboxylic acid groups (broad SMARTS) is 1. The van der Waals surface area contributed by atoms with Crippen molar-refractivity contribution >= 4 is 12.0 Å². The Morgan fingerprint density at radius 1 is 1.55 bits per heavy atom. The lowest BCUT2D eigenvalue weighted by Crippen LogP contribution is -2.60. The molecular weight excluding hydrogens is 264 g/mol. The van der Waals surface area contributed by atoms with Gasteiger partial charge in [-0.15, -0.1) is 0 Å². The molecule has 2 rings (SSSR count). The minimum Gasteiger partial charge on any atom is -0.479 e. The van der Waals surface area contributed by atoms with Crippen molar-refractivity contribution in [3.63, 3.8) is 0 Å². The maximum atomic E-state index is 12.3. The lowest BCUT2D eigenvalue weighted by molar-refractivity contribution is -0.144. The molecule has 2 fully saturated rings. The number of piperidine rings is 1. The van der Waals surface area contributed by atoms with Gasteiger partial charge in [0.2, 0.25) is 0 Å². The Kier molecular flexibility index (Phi) is 4.82. The number of carbonyl (C=O) groups excluding carboxylic acids is 1. The zero-order chi connectivity index (χ0) is 14.6. The fourth-order valence-corrected chi connectivity index (χ4v) is 2.66. The molecule has 2 unspecified atom stereocenters. The molecule has 114 valence electrons. The molecule has 2 atom stereocenters. The summed E-state index contributed by atoms with van der Waals surface area (Å²) in [5.41, 5.74) is -1.28. The molecule has 0 spiro atoms. The fourth-order valence-electron chi connectivity index (χ4n) is 2.66. The van der Waals surface area contributed by atoms with Crippen LogP contribution >= 0.6 is 0 Å². The number of rotatable bonds is 4. The fraction of sp³-hybridized carbons (Fsp3) is 0.846. The lowest BCUT2D eigenvalue weighted by atomic mass is 9.99. The number of likely N-dealkylation sites (tertiary alicyclic amines) is 1. The number of carbonyl (C=O) groups is 2. The van der Waals surface area contributed by atoms with Gasteiger partial charge in [-0.05, 0) is 19.8 Å². The molecule has 7 nitrogen and oxygen atoms in total. The van der Waals surface area contributed by atoms with E-state index >= 15 is 0 Å². The molecular formula is C13H22N2O5. The van der Waals surface area contributed by atoms with Gasteiger partial charge in [-0.3, -0.25) is 0 Å². The molecule has 0 bridgehead atoms. The highest BCUT2D eigenvalue weighted by Crippen LogP contribution is 2.20. The van der Waals surface area contributed by atoms with E-state index in [-0.39, 0.29) is 18.7 Å². The van der Waals surface area contributed by atoms with Gasteiger partial charge in [-0.2, -0.15) is 0 Å². The van der Waals surface area contributed by atoms with Crippen LogP contribution in [0.5, 0.6) is 0 Å². The Morgan fingerprint density at radius 3 is 2.95 bits per heavy atom. The van der Waals surface area contributed by atoms with Crippen molar-refractivity contribution in [2.75, 3.05) is 32.9 Å². The van der Waals surface area contributed by atoms with E-state index in [0.29, 0.717) is 32.7 Å². The van der Waals surface area contributed by atoms with Crippen LogP contribution in [0.1, 0.15) is 26.2 Å². The van der Waals surface area contributed by atoms with Gasteiger partial charge in [-0.1, -0.05) is 0 Å². The van der Waals surface area contributed by atoms with Gasteiger partial charge >= 0.3 is 12.0 Å². The van der Waals surface area contributed by atoms with Crippen molar-refractivity contribution in [2.45, 2.75) is 37.8 Å². The molecule has 0 aromatic rings. The second kappa shape index (κ2) is 6.41. The van der Waals surface area contributed by atoms with E-state index in [9.17, 15) is 14.7 Å². The van der Waals surface area contributed by atoms with Crippen molar-refractivity contribution in [1.82, 2.24) is 10.2 Å². The van der Waals surface area contributed by atoms with Gasteiger partial charge in [0.25, 0.3) is 0 Å². The number of nitrogens with one attached hydrogen (secondary N) is 1. The Bertz CT molecular complexity index is 366. The Labute approximate surface area is 118 Å². The summed E-state index contributed by atoms with van der Waals surface area (Å²) in [6, 6.07) is -0.345. The number of ether oxygens (including phenoxy) is 2. The Morgan fingerprint density at radius 2 is 2.35 bits per heavy atom. The molecule has 0 aromatic heterocycles. The third-order valence-electron chi connectivity index (χ3n) is 3.84. The highest BCUT2D eigenvalue weighted by atomic mass is 16.5. The molecule has 7 heteroatoms. The van der Waals surface area contributed by atoms with Crippen LogP contribution in [0, 0.1) is 0 Å². The molecule has 20 heavy (non-hydrogen) atoms. The molecule has 2 aliphatic rings. The third-order valence-corrected chi connectivity index (χ3v) is 3.84. The molecule has 2 N–H and O–H groups in total. The Hall–Kier alpha value is -1.34. The third kappa shape index (κ3) is 3.21. The van der Waals surface area contributed by atoms with E-state index in [0.717, 1.165) is 12.8 Å². The number of hydrogen-bond donors (Lipinski definition) is 2. The standard InChI is InChI=1S/C13H22N2O5/c1-2-20-10-4-3-6-15(8-10)12(18)14-13(11(16)17)5-7-19-9-13/h10H,2-9H2,1H3,(H,14,18)(H,16,17). The number of aliphatic carboxylic acids is 1. The predicted molar refractivity (Wildman–Crippen MR) is 70.6 cm³/mol. The van der Waals surface area contributed by atoms with Crippen molar-refractivity contribution < 1.29 is 24.2 Å². The van der Waals surface area contributed by atoms with Crippen LogP contribution < -0.4 is 5.32 Å². The summed E-state index contributed by atoms with van der Waals surface area (Å²) in [7, 11) is 0. The summed E-state index contributed by atoms with van der Waals surface area (Å²) in [4.78, 5) is 25.3. The summed E-state index contributed by atoms with van der Waals surface area (Å²) >= 11 is 0. The number of carboxylic acids is 1. The largest absolute Gasteiger partial charge is 0.479 e. The SMILES string of the molecule is CCOC1CCCN(C(=O)NC2(C(=O)O)CCOC2)C1. The average molecular weight is 286 g/mol. The molecule has 0 radical (unpaired) electrons. The van der Waals surface area contributed by atoms with Gasteiger partial charge in [0, 0.05) is 32.7 Å². The first-order valence-corrected chi connectivity index (χ1v) is 7.07.